The van der Waals surface area contributed by atoms with E-state index in [1.165, 1.54) is 12.3 Å². The molecule has 12 heteroatoms. The second-order valence-corrected chi connectivity index (χ2v) is 14.0. The van der Waals surface area contributed by atoms with Gasteiger partial charge in [-0.05, 0) is 65.4 Å². The maximum Gasteiger partial charge on any atom is 0.280 e. The lowest BCUT2D eigenvalue weighted by Gasteiger charge is -2.23. The van der Waals surface area contributed by atoms with Crippen LogP contribution in [-0.4, -0.2) is 66.1 Å². The highest BCUT2D eigenvalue weighted by molar-refractivity contribution is 7.85. The molecule has 2 aromatic heterocycles. The van der Waals surface area contributed by atoms with Gasteiger partial charge in [-0.3, -0.25) is 13.8 Å². The molecule has 2 bridgehead atoms. The predicted molar refractivity (Wildman–Crippen MR) is 144 cm³/mol. The molecule has 3 saturated heterocycles. The van der Waals surface area contributed by atoms with Gasteiger partial charge in [0.2, 0.25) is 0 Å². The molecule has 2 amide bonds. The summed E-state index contributed by atoms with van der Waals surface area (Å²) in [5.74, 6) is 0.585. The summed E-state index contributed by atoms with van der Waals surface area (Å²) >= 11 is 0.946. The molecule has 5 heterocycles. The van der Waals surface area contributed by atoms with Gasteiger partial charge in [0.15, 0.2) is 5.01 Å². The van der Waals surface area contributed by atoms with Gasteiger partial charge in [0, 0.05) is 63.3 Å². The summed E-state index contributed by atoms with van der Waals surface area (Å²) in [4.78, 5) is 37.8. The van der Waals surface area contributed by atoms with Crippen molar-refractivity contribution in [1.82, 2.24) is 20.2 Å². The van der Waals surface area contributed by atoms with Crippen LogP contribution in [0.15, 0.2) is 12.3 Å². The standard InChI is InChI=1S/C26H33F2N5O3S2/c1-26(2,3)32-19-12-17(22(27)28)18(13-29-19)21-20(25(35)33-15-4-5-16(33)7-6-15)31-24(37-21)23(34)30-14-8-10-38(36)11-9-14/h12-16,22H,4-11H2,1-3H3,(H,29,32)(H,30,34). The number of alkyl halides is 2. The molecule has 2 N–H and O–H groups in total. The molecular formula is C26H33F2N5O3S2. The SMILES string of the molecule is CC(C)(C)Nc1cc(C(F)F)c(-c2sc(C(=O)NC3CCS(=O)CC3)nc2C(=O)N2C3CCC2CC3)cn1. The Kier molecular flexibility index (Phi) is 7.56. The van der Waals surface area contributed by atoms with Crippen molar-refractivity contribution in [1.29, 1.82) is 0 Å². The molecule has 206 valence electrons. The molecule has 2 aromatic rings. The predicted octanol–water partition coefficient (Wildman–Crippen LogP) is 4.76. The van der Waals surface area contributed by atoms with Crippen LogP contribution in [0.3, 0.4) is 0 Å². The minimum Gasteiger partial charge on any atom is -0.365 e. The van der Waals surface area contributed by atoms with E-state index in [0.717, 1.165) is 37.0 Å². The number of carbonyl (C=O) groups excluding carboxylic acids is 2. The molecule has 0 atom stereocenters. The van der Waals surface area contributed by atoms with Crippen LogP contribution in [0.5, 0.6) is 0 Å². The number of carbonyl (C=O) groups is 2. The molecule has 0 saturated carbocycles. The number of hydrogen-bond donors (Lipinski definition) is 2. The Bertz CT molecular complexity index is 1230. The Morgan fingerprint density at radius 3 is 2.32 bits per heavy atom. The summed E-state index contributed by atoms with van der Waals surface area (Å²) < 4.78 is 40.3. The third kappa shape index (κ3) is 5.61. The monoisotopic (exact) mass is 565 g/mol. The summed E-state index contributed by atoms with van der Waals surface area (Å²) in [5, 5.41) is 6.10. The maximum absolute atomic E-state index is 14.3. The number of anilines is 1. The Labute approximate surface area is 227 Å². The molecule has 0 spiro atoms. The van der Waals surface area contributed by atoms with Crippen LogP contribution in [0.1, 0.15) is 91.6 Å². The van der Waals surface area contributed by atoms with Crippen molar-refractivity contribution < 1.29 is 22.6 Å². The van der Waals surface area contributed by atoms with Crippen molar-refractivity contribution >= 4 is 39.8 Å². The number of nitrogens with one attached hydrogen (secondary N) is 2. The zero-order valence-corrected chi connectivity index (χ0v) is 23.4. The van der Waals surface area contributed by atoms with Crippen molar-refractivity contribution in [2.45, 2.75) is 89.4 Å². The lowest BCUT2D eigenvalue weighted by atomic mass is 10.0. The highest BCUT2D eigenvalue weighted by Crippen LogP contribution is 2.42. The number of pyridine rings is 1. The van der Waals surface area contributed by atoms with Crippen molar-refractivity contribution in [3.8, 4) is 10.4 Å². The number of aromatic nitrogens is 2. The molecule has 0 aliphatic carbocycles. The van der Waals surface area contributed by atoms with E-state index in [0.29, 0.717) is 30.2 Å². The number of rotatable bonds is 6. The van der Waals surface area contributed by atoms with E-state index in [-0.39, 0.29) is 56.3 Å². The normalized spacial score (nSPS) is 25.2. The van der Waals surface area contributed by atoms with E-state index in [9.17, 15) is 22.6 Å². The van der Waals surface area contributed by atoms with Crippen LogP contribution in [-0.2, 0) is 10.8 Å². The quantitative estimate of drug-likeness (QED) is 0.524. The van der Waals surface area contributed by atoms with E-state index >= 15 is 0 Å². The van der Waals surface area contributed by atoms with Gasteiger partial charge in [-0.1, -0.05) is 0 Å². The molecule has 3 aliphatic rings. The fourth-order valence-corrected chi connectivity index (χ4v) is 7.88. The number of amides is 2. The third-order valence-electron chi connectivity index (χ3n) is 7.35. The fourth-order valence-electron chi connectivity index (χ4n) is 5.59. The van der Waals surface area contributed by atoms with Gasteiger partial charge < -0.3 is 15.5 Å². The average Bonchev–Trinajstić information content (AvgIpc) is 3.58. The van der Waals surface area contributed by atoms with Gasteiger partial charge in [0.25, 0.3) is 18.2 Å². The fraction of sp³-hybridized carbons (Fsp3) is 0.615. The van der Waals surface area contributed by atoms with Crippen molar-refractivity contribution in [3.05, 3.63) is 28.5 Å². The second kappa shape index (κ2) is 10.6. The average molecular weight is 566 g/mol. The van der Waals surface area contributed by atoms with Gasteiger partial charge in [-0.15, -0.1) is 11.3 Å². The Hall–Kier alpha value is -2.47. The van der Waals surface area contributed by atoms with Gasteiger partial charge in [-0.25, -0.2) is 18.7 Å². The van der Waals surface area contributed by atoms with Crippen molar-refractivity contribution in [2.24, 2.45) is 0 Å². The Morgan fingerprint density at radius 2 is 1.74 bits per heavy atom. The summed E-state index contributed by atoms with van der Waals surface area (Å²) in [6.45, 7) is 5.72. The third-order valence-corrected chi connectivity index (χ3v) is 9.82. The van der Waals surface area contributed by atoms with E-state index in [4.69, 9.17) is 0 Å². The molecule has 5 rings (SSSR count). The number of fused-ring (bicyclic) bond motifs is 2. The highest BCUT2D eigenvalue weighted by atomic mass is 32.2. The van der Waals surface area contributed by atoms with Gasteiger partial charge in [-0.2, -0.15) is 0 Å². The van der Waals surface area contributed by atoms with Crippen molar-refractivity contribution in [2.75, 3.05) is 16.8 Å². The lowest BCUT2D eigenvalue weighted by molar-refractivity contribution is 0.0725. The number of halogens is 2. The maximum atomic E-state index is 14.3. The minimum atomic E-state index is -2.82. The topological polar surface area (TPSA) is 104 Å². The summed E-state index contributed by atoms with van der Waals surface area (Å²) in [6, 6.07) is 1.41. The van der Waals surface area contributed by atoms with Crippen LogP contribution in [0.2, 0.25) is 0 Å². The van der Waals surface area contributed by atoms with E-state index in [2.05, 4.69) is 20.6 Å². The van der Waals surface area contributed by atoms with Crippen LogP contribution in [0.4, 0.5) is 14.6 Å². The van der Waals surface area contributed by atoms with Gasteiger partial charge in [0.1, 0.15) is 11.5 Å². The lowest BCUT2D eigenvalue weighted by Crippen LogP contribution is -2.39. The van der Waals surface area contributed by atoms with Crippen LogP contribution >= 0.6 is 11.3 Å². The summed E-state index contributed by atoms with van der Waals surface area (Å²) in [7, 11) is -0.867. The molecule has 38 heavy (non-hydrogen) atoms. The van der Waals surface area contributed by atoms with Crippen LogP contribution in [0, 0.1) is 0 Å². The summed E-state index contributed by atoms with van der Waals surface area (Å²) in [5.41, 5.74) is -0.510. The zero-order chi connectivity index (χ0) is 27.2. The number of nitrogens with zero attached hydrogens (tertiary/aromatic N) is 3. The van der Waals surface area contributed by atoms with Gasteiger partial charge in [0.05, 0.1) is 4.88 Å². The van der Waals surface area contributed by atoms with Crippen LogP contribution in [0.25, 0.3) is 10.4 Å². The van der Waals surface area contributed by atoms with Gasteiger partial charge >= 0.3 is 0 Å². The first kappa shape index (κ1) is 27.1. The summed E-state index contributed by atoms with van der Waals surface area (Å²) in [6.07, 6.45) is 3.40. The molecular weight excluding hydrogens is 532 g/mol. The van der Waals surface area contributed by atoms with E-state index in [1.807, 2.05) is 25.7 Å². The minimum absolute atomic E-state index is 0.0314. The first-order chi connectivity index (χ1) is 18.0. The molecule has 0 radical (unpaired) electrons. The Balaban J connectivity index is 1.52. The number of thiazole rings is 1. The highest BCUT2D eigenvalue weighted by Gasteiger charge is 2.44. The number of hydrogen-bond acceptors (Lipinski definition) is 7. The van der Waals surface area contributed by atoms with E-state index in [1.54, 1.807) is 0 Å². The smallest absolute Gasteiger partial charge is 0.280 e. The molecule has 0 aromatic carbocycles. The first-order valence-electron chi connectivity index (χ1n) is 13.1. The van der Waals surface area contributed by atoms with E-state index < -0.39 is 23.1 Å². The Morgan fingerprint density at radius 1 is 1.11 bits per heavy atom. The van der Waals surface area contributed by atoms with Crippen molar-refractivity contribution in [3.63, 3.8) is 0 Å². The van der Waals surface area contributed by atoms with Crippen LogP contribution < -0.4 is 10.6 Å². The molecule has 0 unspecified atom stereocenters. The molecule has 3 aliphatic heterocycles. The first-order valence-corrected chi connectivity index (χ1v) is 15.4. The zero-order valence-electron chi connectivity index (χ0n) is 21.8. The largest absolute Gasteiger partial charge is 0.365 e. The molecule has 3 fully saturated rings. The second-order valence-electron chi connectivity index (χ2n) is 11.3. The molecule has 8 nitrogen and oxygen atoms in total.